The van der Waals surface area contributed by atoms with Gasteiger partial charge in [-0.15, -0.1) is 0 Å². The molecule has 0 spiro atoms. The first-order chi connectivity index (χ1) is 8.81. The number of hydrogen-bond donors (Lipinski definition) is 2. The number of benzene rings is 1. The van der Waals surface area contributed by atoms with E-state index in [1.54, 1.807) is 0 Å². The normalized spacial score (nSPS) is 28.3. The predicted octanol–water partition coefficient (Wildman–Crippen LogP) is 2.96. The Morgan fingerprint density at radius 2 is 2.06 bits per heavy atom. The molecule has 0 bridgehead atoms. The molecule has 18 heavy (non-hydrogen) atoms. The van der Waals surface area contributed by atoms with Crippen LogP contribution in [-0.2, 0) is 6.54 Å². The van der Waals surface area contributed by atoms with Gasteiger partial charge in [-0.1, -0.05) is 24.3 Å². The highest BCUT2D eigenvalue weighted by Crippen LogP contribution is 2.40. The van der Waals surface area contributed by atoms with Crippen molar-refractivity contribution < 1.29 is 5.11 Å². The Morgan fingerprint density at radius 3 is 2.83 bits per heavy atom. The van der Waals surface area contributed by atoms with E-state index >= 15 is 0 Å². The van der Waals surface area contributed by atoms with E-state index in [9.17, 15) is 5.11 Å². The third-order valence-corrected chi connectivity index (χ3v) is 4.24. The number of rotatable bonds is 4. The molecule has 1 aromatic carbocycles. The van der Waals surface area contributed by atoms with Crippen LogP contribution < -0.4 is 5.32 Å². The summed E-state index contributed by atoms with van der Waals surface area (Å²) in [6, 6.07) is 9.49. The fourth-order valence-corrected chi connectivity index (χ4v) is 2.99. The van der Waals surface area contributed by atoms with E-state index in [1.807, 2.05) is 0 Å². The molecular weight excluding hydrogens is 222 g/mol. The summed E-state index contributed by atoms with van der Waals surface area (Å²) in [5.74, 6) is 0.835. The molecule has 0 aliphatic heterocycles. The van der Waals surface area contributed by atoms with Crippen LogP contribution >= 0.6 is 0 Å². The van der Waals surface area contributed by atoms with Crippen molar-refractivity contribution in [1.29, 1.82) is 0 Å². The molecule has 2 atom stereocenters. The Balaban J connectivity index is 1.54. The van der Waals surface area contributed by atoms with Gasteiger partial charge in [0.05, 0.1) is 6.10 Å². The van der Waals surface area contributed by atoms with E-state index in [-0.39, 0.29) is 6.10 Å². The average molecular weight is 245 g/mol. The lowest BCUT2D eigenvalue weighted by molar-refractivity contribution is 0.111. The van der Waals surface area contributed by atoms with Crippen LogP contribution in [0.1, 0.15) is 55.6 Å². The van der Waals surface area contributed by atoms with Crippen molar-refractivity contribution in [3.63, 3.8) is 0 Å². The minimum absolute atomic E-state index is 0.0888. The van der Waals surface area contributed by atoms with E-state index in [1.165, 1.54) is 30.4 Å². The van der Waals surface area contributed by atoms with Crippen LogP contribution in [0.25, 0.3) is 0 Å². The largest absolute Gasteiger partial charge is 0.393 e. The van der Waals surface area contributed by atoms with Crippen molar-refractivity contribution in [2.75, 3.05) is 0 Å². The van der Waals surface area contributed by atoms with Crippen molar-refractivity contribution >= 4 is 0 Å². The first-order valence-electron chi connectivity index (χ1n) is 7.31. The van der Waals surface area contributed by atoms with E-state index < -0.39 is 0 Å². The summed E-state index contributed by atoms with van der Waals surface area (Å²) in [6.07, 6.45) is 6.91. The van der Waals surface area contributed by atoms with Crippen LogP contribution in [0.4, 0.5) is 0 Å². The third kappa shape index (κ3) is 3.12. The van der Waals surface area contributed by atoms with Crippen LogP contribution in [0.5, 0.6) is 0 Å². The molecule has 0 aromatic heterocycles. The summed E-state index contributed by atoms with van der Waals surface area (Å²) in [6.45, 7) is 0.942. The Morgan fingerprint density at radius 1 is 1.17 bits per heavy atom. The molecule has 2 nitrogen and oxygen atoms in total. The Bertz CT molecular complexity index is 400. The monoisotopic (exact) mass is 245 g/mol. The minimum atomic E-state index is -0.0888. The zero-order valence-corrected chi connectivity index (χ0v) is 10.9. The van der Waals surface area contributed by atoms with Gasteiger partial charge < -0.3 is 10.4 Å². The zero-order valence-electron chi connectivity index (χ0n) is 10.9. The molecule has 2 heteroatoms. The van der Waals surface area contributed by atoms with Gasteiger partial charge in [0.25, 0.3) is 0 Å². The smallest absolute Gasteiger partial charge is 0.0555 e. The van der Waals surface area contributed by atoms with Gasteiger partial charge in [-0.3, -0.25) is 0 Å². The van der Waals surface area contributed by atoms with E-state index in [2.05, 4.69) is 29.6 Å². The van der Waals surface area contributed by atoms with E-state index in [4.69, 9.17) is 0 Å². The molecule has 1 aromatic rings. The summed E-state index contributed by atoms with van der Waals surface area (Å²) >= 11 is 0. The van der Waals surface area contributed by atoms with Crippen molar-refractivity contribution in [3.05, 3.63) is 35.4 Å². The molecule has 98 valence electrons. The molecular formula is C16H23NO. The van der Waals surface area contributed by atoms with Crippen molar-refractivity contribution in [2.45, 2.75) is 63.1 Å². The molecule has 2 saturated carbocycles. The van der Waals surface area contributed by atoms with Gasteiger partial charge in [0.1, 0.15) is 0 Å². The van der Waals surface area contributed by atoms with E-state index in [0.29, 0.717) is 6.04 Å². The molecule has 0 radical (unpaired) electrons. The van der Waals surface area contributed by atoms with Gasteiger partial charge in [0, 0.05) is 12.6 Å². The van der Waals surface area contributed by atoms with Gasteiger partial charge in [-0.25, -0.2) is 0 Å². The maximum Gasteiger partial charge on any atom is 0.0555 e. The van der Waals surface area contributed by atoms with E-state index in [0.717, 1.165) is 31.7 Å². The van der Waals surface area contributed by atoms with Crippen molar-refractivity contribution in [3.8, 4) is 0 Å². The second-order valence-electron chi connectivity index (χ2n) is 5.92. The molecule has 0 amide bonds. The average Bonchev–Trinajstić information content (AvgIpc) is 3.21. The second-order valence-corrected chi connectivity index (χ2v) is 5.92. The Hall–Kier alpha value is -0.860. The molecule has 2 aliphatic rings. The lowest BCUT2D eigenvalue weighted by atomic mass is 9.93. The molecule has 0 saturated heterocycles. The second kappa shape index (κ2) is 5.41. The third-order valence-electron chi connectivity index (χ3n) is 4.24. The van der Waals surface area contributed by atoms with Crippen LogP contribution in [0.15, 0.2) is 24.3 Å². The highest BCUT2D eigenvalue weighted by atomic mass is 16.3. The summed E-state index contributed by atoms with van der Waals surface area (Å²) < 4.78 is 0. The topological polar surface area (TPSA) is 32.3 Å². The maximum atomic E-state index is 9.66. The predicted molar refractivity (Wildman–Crippen MR) is 73.5 cm³/mol. The van der Waals surface area contributed by atoms with Gasteiger partial charge in [-0.2, -0.15) is 0 Å². The van der Waals surface area contributed by atoms with Gasteiger partial charge >= 0.3 is 0 Å². The highest BCUT2D eigenvalue weighted by Gasteiger charge is 2.23. The molecule has 2 N–H and O–H groups in total. The summed E-state index contributed by atoms with van der Waals surface area (Å²) in [7, 11) is 0. The number of aliphatic hydroxyl groups is 1. The fraction of sp³-hybridized carbons (Fsp3) is 0.625. The van der Waals surface area contributed by atoms with Crippen LogP contribution in [-0.4, -0.2) is 17.3 Å². The van der Waals surface area contributed by atoms with Crippen molar-refractivity contribution in [2.24, 2.45) is 0 Å². The quantitative estimate of drug-likeness (QED) is 0.855. The number of nitrogens with one attached hydrogen (secondary N) is 1. The Kier molecular flexibility index (Phi) is 3.67. The van der Waals surface area contributed by atoms with Crippen LogP contribution in [0.3, 0.4) is 0 Å². The first kappa shape index (κ1) is 12.2. The maximum absolute atomic E-state index is 9.66. The fourth-order valence-electron chi connectivity index (χ4n) is 2.99. The number of hydrogen-bond acceptors (Lipinski definition) is 2. The standard InChI is InChI=1S/C16H23NO/c18-16-6-2-5-15(10-16)17-11-12-3-1-4-14(9-12)13-7-8-13/h1,3-4,9,13,15-18H,2,5-8,10-11H2. The highest BCUT2D eigenvalue weighted by molar-refractivity contribution is 5.29. The summed E-state index contributed by atoms with van der Waals surface area (Å²) in [5, 5.41) is 13.3. The summed E-state index contributed by atoms with van der Waals surface area (Å²) in [4.78, 5) is 0. The van der Waals surface area contributed by atoms with Crippen LogP contribution in [0, 0.1) is 0 Å². The molecule has 2 fully saturated rings. The summed E-state index contributed by atoms with van der Waals surface area (Å²) in [5.41, 5.74) is 2.90. The zero-order chi connectivity index (χ0) is 12.4. The molecule has 0 heterocycles. The SMILES string of the molecule is OC1CCCC(NCc2cccc(C3CC3)c2)C1. The van der Waals surface area contributed by atoms with Gasteiger partial charge in [0.2, 0.25) is 0 Å². The lowest BCUT2D eigenvalue weighted by Gasteiger charge is -2.26. The lowest BCUT2D eigenvalue weighted by Crippen LogP contribution is -2.35. The Labute approximate surface area is 109 Å². The van der Waals surface area contributed by atoms with Gasteiger partial charge in [-0.05, 0) is 55.6 Å². The van der Waals surface area contributed by atoms with Gasteiger partial charge in [0.15, 0.2) is 0 Å². The first-order valence-corrected chi connectivity index (χ1v) is 7.31. The number of aliphatic hydroxyl groups excluding tert-OH is 1. The molecule has 2 aliphatic carbocycles. The minimum Gasteiger partial charge on any atom is -0.393 e. The molecule has 2 unspecified atom stereocenters. The molecule has 3 rings (SSSR count). The van der Waals surface area contributed by atoms with Crippen LogP contribution in [0.2, 0.25) is 0 Å². The van der Waals surface area contributed by atoms with Crippen molar-refractivity contribution in [1.82, 2.24) is 5.32 Å².